The summed E-state index contributed by atoms with van der Waals surface area (Å²) in [5.74, 6) is 0.944. The van der Waals surface area contributed by atoms with E-state index < -0.39 is 6.10 Å². The van der Waals surface area contributed by atoms with Crippen molar-refractivity contribution in [3.63, 3.8) is 0 Å². The normalized spacial score (nSPS) is 22.1. The van der Waals surface area contributed by atoms with Gasteiger partial charge in [0.1, 0.15) is 5.75 Å². The number of benzene rings is 1. The zero-order valence-corrected chi connectivity index (χ0v) is 10.7. The minimum absolute atomic E-state index is 0.184. The van der Waals surface area contributed by atoms with Gasteiger partial charge in [0, 0.05) is 17.0 Å². The van der Waals surface area contributed by atoms with Crippen molar-refractivity contribution in [1.29, 1.82) is 0 Å². The lowest BCUT2D eigenvalue weighted by atomic mass is 9.95. The molecule has 2 atom stereocenters. The summed E-state index contributed by atoms with van der Waals surface area (Å²) in [5, 5.41) is 10.3. The average molecular weight is 287 g/mol. The standard InChI is InChI=1S/C12H15BrO3/c1-15-9-2-3-11(13)10(6-9)12(14)8-4-5-16-7-8/h2-3,6,8,12,14H,4-5,7H2,1H3. The summed E-state index contributed by atoms with van der Waals surface area (Å²) >= 11 is 3.45. The summed E-state index contributed by atoms with van der Waals surface area (Å²) < 4.78 is 11.4. The fourth-order valence-corrected chi connectivity index (χ4v) is 2.41. The van der Waals surface area contributed by atoms with Gasteiger partial charge in [0.05, 0.1) is 19.8 Å². The molecule has 0 saturated carbocycles. The summed E-state index contributed by atoms with van der Waals surface area (Å²) in [6.07, 6.45) is 0.414. The lowest BCUT2D eigenvalue weighted by Crippen LogP contribution is -2.13. The van der Waals surface area contributed by atoms with Crippen LogP contribution in [-0.4, -0.2) is 25.4 Å². The Hall–Kier alpha value is -0.580. The second kappa shape index (κ2) is 5.17. The lowest BCUT2D eigenvalue weighted by Gasteiger charge is -2.18. The first-order valence-corrected chi connectivity index (χ1v) is 6.11. The molecule has 2 rings (SSSR count). The highest BCUT2D eigenvalue weighted by Crippen LogP contribution is 2.34. The molecule has 88 valence electrons. The Morgan fingerprint density at radius 3 is 3.00 bits per heavy atom. The Balaban J connectivity index is 2.23. The van der Waals surface area contributed by atoms with Gasteiger partial charge in [-0.3, -0.25) is 0 Å². The van der Waals surface area contributed by atoms with Gasteiger partial charge in [-0.05, 0) is 30.2 Å². The van der Waals surface area contributed by atoms with Crippen molar-refractivity contribution in [3.8, 4) is 5.75 Å². The fourth-order valence-electron chi connectivity index (χ4n) is 1.93. The molecule has 1 aliphatic heterocycles. The number of aliphatic hydroxyl groups excluding tert-OH is 1. The topological polar surface area (TPSA) is 38.7 Å². The molecule has 1 fully saturated rings. The van der Waals surface area contributed by atoms with Gasteiger partial charge in [-0.1, -0.05) is 15.9 Å². The van der Waals surface area contributed by atoms with Crippen molar-refractivity contribution in [2.45, 2.75) is 12.5 Å². The molecule has 2 unspecified atom stereocenters. The first-order valence-electron chi connectivity index (χ1n) is 5.31. The molecule has 0 spiro atoms. The van der Waals surface area contributed by atoms with Crippen LogP contribution in [0.25, 0.3) is 0 Å². The van der Waals surface area contributed by atoms with Gasteiger partial charge in [-0.15, -0.1) is 0 Å². The monoisotopic (exact) mass is 286 g/mol. The molecule has 0 bridgehead atoms. The van der Waals surface area contributed by atoms with Crippen LogP contribution in [0.1, 0.15) is 18.1 Å². The Morgan fingerprint density at radius 1 is 1.56 bits per heavy atom. The lowest BCUT2D eigenvalue weighted by molar-refractivity contribution is 0.0911. The summed E-state index contributed by atoms with van der Waals surface area (Å²) in [4.78, 5) is 0. The van der Waals surface area contributed by atoms with Crippen LogP contribution in [0.15, 0.2) is 22.7 Å². The van der Waals surface area contributed by atoms with Gasteiger partial charge in [-0.2, -0.15) is 0 Å². The van der Waals surface area contributed by atoms with Crippen LogP contribution in [0.5, 0.6) is 5.75 Å². The van der Waals surface area contributed by atoms with Crippen molar-refractivity contribution in [2.75, 3.05) is 20.3 Å². The highest BCUT2D eigenvalue weighted by molar-refractivity contribution is 9.10. The molecule has 3 nitrogen and oxygen atoms in total. The molecule has 0 amide bonds. The van der Waals surface area contributed by atoms with Gasteiger partial charge < -0.3 is 14.6 Å². The summed E-state index contributed by atoms with van der Waals surface area (Å²) in [7, 11) is 1.62. The van der Waals surface area contributed by atoms with Crippen LogP contribution in [0.4, 0.5) is 0 Å². The molecule has 1 aromatic carbocycles. The molecule has 1 aliphatic rings. The number of hydrogen-bond donors (Lipinski definition) is 1. The quantitative estimate of drug-likeness (QED) is 0.928. The Labute approximate surface area is 104 Å². The minimum atomic E-state index is -0.494. The highest BCUT2D eigenvalue weighted by atomic mass is 79.9. The number of aliphatic hydroxyl groups is 1. The van der Waals surface area contributed by atoms with Crippen molar-refractivity contribution < 1.29 is 14.6 Å². The fraction of sp³-hybridized carbons (Fsp3) is 0.500. The average Bonchev–Trinajstić information content (AvgIpc) is 2.82. The number of rotatable bonds is 3. The Bertz CT molecular complexity index is 361. The number of hydrogen-bond acceptors (Lipinski definition) is 3. The molecule has 16 heavy (non-hydrogen) atoms. The Kier molecular flexibility index (Phi) is 3.84. The van der Waals surface area contributed by atoms with E-state index in [1.54, 1.807) is 7.11 Å². The van der Waals surface area contributed by atoms with E-state index in [-0.39, 0.29) is 5.92 Å². The zero-order valence-electron chi connectivity index (χ0n) is 9.15. The molecule has 4 heteroatoms. The van der Waals surface area contributed by atoms with Crippen molar-refractivity contribution in [3.05, 3.63) is 28.2 Å². The van der Waals surface area contributed by atoms with E-state index in [1.807, 2.05) is 18.2 Å². The predicted molar refractivity (Wildman–Crippen MR) is 64.6 cm³/mol. The van der Waals surface area contributed by atoms with Crippen LogP contribution in [0, 0.1) is 5.92 Å². The largest absolute Gasteiger partial charge is 0.497 e. The zero-order chi connectivity index (χ0) is 11.5. The van der Waals surface area contributed by atoms with Crippen molar-refractivity contribution in [2.24, 2.45) is 5.92 Å². The summed E-state index contributed by atoms with van der Waals surface area (Å²) in [6, 6.07) is 5.63. The highest BCUT2D eigenvalue weighted by Gasteiger charge is 2.26. The molecule has 1 N–H and O–H groups in total. The SMILES string of the molecule is COc1ccc(Br)c(C(O)C2CCOC2)c1. The minimum Gasteiger partial charge on any atom is -0.497 e. The van der Waals surface area contributed by atoms with Crippen LogP contribution < -0.4 is 4.74 Å². The predicted octanol–water partition coefficient (Wildman–Crippen LogP) is 2.53. The maximum atomic E-state index is 10.3. The first-order chi connectivity index (χ1) is 7.72. The second-order valence-corrected chi connectivity index (χ2v) is 4.81. The third-order valence-corrected chi connectivity index (χ3v) is 3.66. The van der Waals surface area contributed by atoms with Gasteiger partial charge in [0.25, 0.3) is 0 Å². The van der Waals surface area contributed by atoms with E-state index in [1.165, 1.54) is 0 Å². The van der Waals surface area contributed by atoms with Gasteiger partial charge in [0.2, 0.25) is 0 Å². The van der Waals surface area contributed by atoms with E-state index in [4.69, 9.17) is 9.47 Å². The van der Waals surface area contributed by atoms with E-state index in [0.29, 0.717) is 6.61 Å². The summed E-state index contributed by atoms with van der Waals surface area (Å²) in [6.45, 7) is 1.37. The van der Waals surface area contributed by atoms with E-state index >= 15 is 0 Å². The maximum Gasteiger partial charge on any atom is 0.119 e. The first kappa shape index (κ1) is 11.9. The van der Waals surface area contributed by atoms with Crippen LogP contribution in [0.2, 0.25) is 0 Å². The number of methoxy groups -OCH3 is 1. The molecule has 1 heterocycles. The molecule has 1 saturated heterocycles. The van der Waals surface area contributed by atoms with Crippen LogP contribution in [-0.2, 0) is 4.74 Å². The maximum absolute atomic E-state index is 10.3. The van der Waals surface area contributed by atoms with E-state index in [0.717, 1.165) is 28.8 Å². The van der Waals surface area contributed by atoms with Crippen LogP contribution in [0.3, 0.4) is 0 Å². The molecule has 1 aromatic rings. The second-order valence-electron chi connectivity index (χ2n) is 3.96. The third-order valence-electron chi connectivity index (χ3n) is 2.93. The third kappa shape index (κ3) is 2.39. The van der Waals surface area contributed by atoms with Crippen LogP contribution >= 0.6 is 15.9 Å². The summed E-state index contributed by atoms with van der Waals surface area (Å²) in [5.41, 5.74) is 0.870. The van der Waals surface area contributed by atoms with Gasteiger partial charge in [0.15, 0.2) is 0 Å². The molecule has 0 aromatic heterocycles. The molecular formula is C12H15BrO3. The van der Waals surface area contributed by atoms with E-state index in [2.05, 4.69) is 15.9 Å². The Morgan fingerprint density at radius 2 is 2.38 bits per heavy atom. The molecule has 0 radical (unpaired) electrons. The molecule has 0 aliphatic carbocycles. The number of halogens is 1. The van der Waals surface area contributed by atoms with Crippen molar-refractivity contribution in [1.82, 2.24) is 0 Å². The van der Waals surface area contributed by atoms with Crippen molar-refractivity contribution >= 4 is 15.9 Å². The van der Waals surface area contributed by atoms with Gasteiger partial charge >= 0.3 is 0 Å². The smallest absolute Gasteiger partial charge is 0.119 e. The van der Waals surface area contributed by atoms with E-state index in [9.17, 15) is 5.11 Å². The number of ether oxygens (including phenoxy) is 2. The molecular weight excluding hydrogens is 272 g/mol. The van der Waals surface area contributed by atoms with Gasteiger partial charge in [-0.25, -0.2) is 0 Å².